The van der Waals surface area contributed by atoms with E-state index >= 15 is 0 Å². The van der Waals surface area contributed by atoms with Crippen molar-refractivity contribution in [2.45, 2.75) is 45.2 Å². The number of piperazine rings is 1. The first kappa shape index (κ1) is 16.8. The second kappa shape index (κ2) is 7.61. The lowest BCUT2D eigenvalue weighted by molar-refractivity contribution is 0.0685. The van der Waals surface area contributed by atoms with Gasteiger partial charge >= 0.3 is 0 Å². The first-order chi connectivity index (χ1) is 10.1. The van der Waals surface area contributed by atoms with E-state index in [-0.39, 0.29) is 5.54 Å². The summed E-state index contributed by atoms with van der Waals surface area (Å²) in [5.74, 6) is 0.943. The summed E-state index contributed by atoms with van der Waals surface area (Å²) in [4.78, 5) is 2.56. The molecule has 0 aliphatic carbocycles. The van der Waals surface area contributed by atoms with Crippen LogP contribution in [-0.2, 0) is 0 Å². The van der Waals surface area contributed by atoms with E-state index in [2.05, 4.69) is 46.9 Å². The maximum atomic E-state index is 5.86. The second-order valence-corrected chi connectivity index (χ2v) is 6.91. The summed E-state index contributed by atoms with van der Waals surface area (Å²) >= 11 is 3.44. The van der Waals surface area contributed by atoms with Gasteiger partial charge in [0.15, 0.2) is 0 Å². The zero-order valence-corrected chi connectivity index (χ0v) is 14.9. The number of nitrogens with one attached hydrogen (secondary N) is 1. The lowest BCUT2D eigenvalue weighted by atomic mass is 9.89. The predicted molar refractivity (Wildman–Crippen MR) is 92.0 cm³/mol. The number of halogens is 1. The van der Waals surface area contributed by atoms with E-state index in [0.717, 1.165) is 36.5 Å². The number of rotatable bonds is 6. The van der Waals surface area contributed by atoms with Crippen LogP contribution >= 0.6 is 15.9 Å². The third kappa shape index (κ3) is 4.44. The van der Waals surface area contributed by atoms with Crippen LogP contribution in [0.3, 0.4) is 0 Å². The molecular formula is C17H27BrN2O. The van der Waals surface area contributed by atoms with Crippen LogP contribution < -0.4 is 10.1 Å². The van der Waals surface area contributed by atoms with Crippen molar-refractivity contribution in [3.63, 3.8) is 0 Å². The molecule has 4 heteroatoms. The molecule has 0 radical (unpaired) electrons. The first-order valence-corrected chi connectivity index (χ1v) is 8.75. The average Bonchev–Trinajstić information content (AvgIpc) is 2.51. The molecule has 1 unspecified atom stereocenters. The minimum Gasteiger partial charge on any atom is -0.492 e. The monoisotopic (exact) mass is 354 g/mol. The number of benzene rings is 1. The molecule has 3 nitrogen and oxygen atoms in total. The molecule has 2 rings (SSSR count). The standard InChI is InChI=1S/C17H27BrN2O/c1-4-17(5-2)13-20(14(3)12-19-17)10-11-21-16-8-6-15(18)7-9-16/h6-9,14,19H,4-5,10-13H2,1-3H3. The van der Waals surface area contributed by atoms with Crippen molar-refractivity contribution in [3.8, 4) is 5.75 Å². The van der Waals surface area contributed by atoms with Crippen LogP contribution in [0.4, 0.5) is 0 Å². The average molecular weight is 355 g/mol. The van der Waals surface area contributed by atoms with Crippen LogP contribution in [0.2, 0.25) is 0 Å². The highest BCUT2D eigenvalue weighted by molar-refractivity contribution is 9.10. The van der Waals surface area contributed by atoms with Gasteiger partial charge in [-0.2, -0.15) is 0 Å². The van der Waals surface area contributed by atoms with Crippen molar-refractivity contribution >= 4 is 15.9 Å². The molecule has 0 amide bonds. The Kier molecular flexibility index (Phi) is 6.08. The molecule has 1 aromatic carbocycles. The number of hydrogen-bond acceptors (Lipinski definition) is 3. The van der Waals surface area contributed by atoms with Crippen LogP contribution in [0.5, 0.6) is 5.75 Å². The predicted octanol–water partition coefficient (Wildman–Crippen LogP) is 3.68. The fourth-order valence-corrected chi connectivity index (χ4v) is 3.19. The SMILES string of the molecule is CCC1(CC)CN(CCOc2ccc(Br)cc2)C(C)CN1. The fraction of sp³-hybridized carbons (Fsp3) is 0.647. The van der Waals surface area contributed by atoms with E-state index in [0.29, 0.717) is 6.04 Å². The molecule has 0 bridgehead atoms. The van der Waals surface area contributed by atoms with Crippen molar-refractivity contribution in [2.75, 3.05) is 26.2 Å². The Hall–Kier alpha value is -0.580. The van der Waals surface area contributed by atoms with Gasteiger partial charge in [-0.15, -0.1) is 0 Å². The van der Waals surface area contributed by atoms with Crippen molar-refractivity contribution in [3.05, 3.63) is 28.7 Å². The maximum Gasteiger partial charge on any atom is 0.119 e. The van der Waals surface area contributed by atoms with Gasteiger partial charge in [0.25, 0.3) is 0 Å². The molecule has 1 saturated heterocycles. The van der Waals surface area contributed by atoms with Crippen molar-refractivity contribution in [1.82, 2.24) is 10.2 Å². The molecular weight excluding hydrogens is 328 g/mol. The van der Waals surface area contributed by atoms with E-state index < -0.39 is 0 Å². The molecule has 1 heterocycles. The molecule has 1 aliphatic rings. The van der Waals surface area contributed by atoms with Gasteiger partial charge in [0, 0.05) is 35.7 Å². The van der Waals surface area contributed by atoms with E-state index in [1.807, 2.05) is 24.3 Å². The molecule has 21 heavy (non-hydrogen) atoms. The Morgan fingerprint density at radius 2 is 1.95 bits per heavy atom. The quantitative estimate of drug-likeness (QED) is 0.843. The van der Waals surface area contributed by atoms with Gasteiger partial charge < -0.3 is 10.1 Å². The molecule has 1 atom stereocenters. The Labute approximate surface area is 137 Å². The first-order valence-electron chi connectivity index (χ1n) is 7.96. The van der Waals surface area contributed by atoms with Crippen molar-refractivity contribution < 1.29 is 4.74 Å². The minimum absolute atomic E-state index is 0.282. The summed E-state index contributed by atoms with van der Waals surface area (Å²) in [5, 5.41) is 3.74. The van der Waals surface area contributed by atoms with Gasteiger partial charge in [-0.3, -0.25) is 4.90 Å². The third-order valence-electron chi connectivity index (χ3n) is 4.72. The summed E-state index contributed by atoms with van der Waals surface area (Å²) in [6.45, 7) is 10.8. The molecule has 0 spiro atoms. The van der Waals surface area contributed by atoms with E-state index in [1.54, 1.807) is 0 Å². The van der Waals surface area contributed by atoms with Gasteiger partial charge in [-0.1, -0.05) is 29.8 Å². The highest BCUT2D eigenvalue weighted by atomic mass is 79.9. The second-order valence-electron chi connectivity index (χ2n) is 5.99. The van der Waals surface area contributed by atoms with Crippen LogP contribution in [-0.4, -0.2) is 42.7 Å². The fourth-order valence-electron chi connectivity index (χ4n) is 2.93. The molecule has 1 fully saturated rings. The van der Waals surface area contributed by atoms with Gasteiger partial charge in [-0.05, 0) is 44.0 Å². The third-order valence-corrected chi connectivity index (χ3v) is 5.24. The van der Waals surface area contributed by atoms with Crippen molar-refractivity contribution in [2.24, 2.45) is 0 Å². The lowest BCUT2D eigenvalue weighted by Crippen LogP contribution is -2.63. The Morgan fingerprint density at radius 1 is 1.29 bits per heavy atom. The van der Waals surface area contributed by atoms with Crippen LogP contribution in [0, 0.1) is 0 Å². The van der Waals surface area contributed by atoms with Crippen LogP contribution in [0.1, 0.15) is 33.6 Å². The smallest absolute Gasteiger partial charge is 0.119 e. The minimum atomic E-state index is 0.282. The van der Waals surface area contributed by atoms with Gasteiger partial charge in [0.05, 0.1) is 0 Å². The number of hydrogen-bond donors (Lipinski definition) is 1. The zero-order valence-electron chi connectivity index (χ0n) is 13.4. The lowest BCUT2D eigenvalue weighted by Gasteiger charge is -2.46. The van der Waals surface area contributed by atoms with Gasteiger partial charge in [0.2, 0.25) is 0 Å². The number of ether oxygens (including phenoxy) is 1. The molecule has 0 saturated carbocycles. The highest BCUT2D eigenvalue weighted by Crippen LogP contribution is 2.22. The topological polar surface area (TPSA) is 24.5 Å². The normalized spacial score (nSPS) is 22.2. The summed E-state index contributed by atoms with van der Waals surface area (Å²) in [7, 11) is 0. The summed E-state index contributed by atoms with van der Waals surface area (Å²) in [6.07, 6.45) is 2.36. The Morgan fingerprint density at radius 3 is 2.57 bits per heavy atom. The van der Waals surface area contributed by atoms with Crippen molar-refractivity contribution in [1.29, 1.82) is 0 Å². The molecule has 1 aromatic rings. The molecule has 0 aromatic heterocycles. The summed E-state index contributed by atoms with van der Waals surface area (Å²) in [6, 6.07) is 8.62. The Balaban J connectivity index is 1.84. The molecule has 118 valence electrons. The zero-order chi connectivity index (χ0) is 15.3. The van der Waals surface area contributed by atoms with Crippen LogP contribution in [0.15, 0.2) is 28.7 Å². The molecule has 1 aliphatic heterocycles. The largest absolute Gasteiger partial charge is 0.492 e. The Bertz CT molecular complexity index is 431. The van der Waals surface area contributed by atoms with Crippen LogP contribution in [0.25, 0.3) is 0 Å². The van der Waals surface area contributed by atoms with Gasteiger partial charge in [0.1, 0.15) is 12.4 Å². The van der Waals surface area contributed by atoms with E-state index in [1.165, 1.54) is 12.8 Å². The maximum absolute atomic E-state index is 5.86. The van der Waals surface area contributed by atoms with E-state index in [9.17, 15) is 0 Å². The van der Waals surface area contributed by atoms with E-state index in [4.69, 9.17) is 4.74 Å². The molecule has 1 N–H and O–H groups in total. The summed E-state index contributed by atoms with van der Waals surface area (Å²) in [5.41, 5.74) is 0.282. The van der Waals surface area contributed by atoms with Gasteiger partial charge in [-0.25, -0.2) is 0 Å². The highest BCUT2D eigenvalue weighted by Gasteiger charge is 2.34. The number of nitrogens with zero attached hydrogens (tertiary/aromatic N) is 1. The summed E-state index contributed by atoms with van der Waals surface area (Å²) < 4.78 is 6.95.